The first-order valence-electron chi connectivity index (χ1n) is 7.12. The number of nitrogens with zero attached hydrogens (tertiary/aromatic N) is 1. The van der Waals surface area contributed by atoms with Gasteiger partial charge in [-0.15, -0.1) is 0 Å². The van der Waals surface area contributed by atoms with E-state index in [1.165, 1.54) is 0 Å². The van der Waals surface area contributed by atoms with E-state index in [1.807, 2.05) is 38.1 Å². The number of rotatable bonds is 6. The molecule has 0 saturated heterocycles. The van der Waals surface area contributed by atoms with E-state index in [0.717, 1.165) is 11.3 Å². The van der Waals surface area contributed by atoms with E-state index in [1.54, 1.807) is 11.9 Å². The van der Waals surface area contributed by atoms with E-state index in [2.05, 4.69) is 0 Å². The smallest absolute Gasteiger partial charge is 0.307 e. The van der Waals surface area contributed by atoms with Crippen LogP contribution in [0.25, 0.3) is 0 Å². The van der Waals surface area contributed by atoms with Crippen LogP contribution < -0.4 is 4.74 Å². The zero-order chi connectivity index (χ0) is 15.6. The number of carbonyl (C=O) groups is 2. The number of carboxylic acid groups (broad SMARTS) is 1. The third-order valence-electron chi connectivity index (χ3n) is 3.49. The Morgan fingerprint density at radius 2 is 2.10 bits per heavy atom. The van der Waals surface area contributed by atoms with Gasteiger partial charge in [0.25, 0.3) is 0 Å². The number of hydrogen-bond acceptors (Lipinski definition) is 3. The van der Waals surface area contributed by atoms with Crippen molar-refractivity contribution >= 4 is 11.9 Å². The number of ether oxygens (including phenoxy) is 1. The first kappa shape index (κ1) is 15.4. The summed E-state index contributed by atoms with van der Waals surface area (Å²) in [5, 5.41) is 8.88. The molecule has 21 heavy (non-hydrogen) atoms. The van der Waals surface area contributed by atoms with Gasteiger partial charge in [0.2, 0.25) is 5.91 Å². The van der Waals surface area contributed by atoms with Crippen LogP contribution in [0.4, 0.5) is 0 Å². The average Bonchev–Trinajstić information content (AvgIpc) is 3.17. The Labute approximate surface area is 124 Å². The van der Waals surface area contributed by atoms with Crippen LogP contribution in [0, 0.1) is 11.8 Å². The summed E-state index contributed by atoms with van der Waals surface area (Å²) in [6.45, 7) is 4.37. The number of carboxylic acids is 1. The van der Waals surface area contributed by atoms with Crippen LogP contribution in [-0.2, 0) is 16.1 Å². The van der Waals surface area contributed by atoms with Crippen molar-refractivity contribution in [2.45, 2.75) is 32.9 Å². The highest BCUT2D eigenvalue weighted by Gasteiger charge is 2.49. The lowest BCUT2D eigenvalue weighted by Crippen LogP contribution is -2.28. The molecule has 1 aliphatic carbocycles. The van der Waals surface area contributed by atoms with Crippen molar-refractivity contribution in [3.05, 3.63) is 29.8 Å². The van der Waals surface area contributed by atoms with Gasteiger partial charge < -0.3 is 14.7 Å². The van der Waals surface area contributed by atoms with Crippen molar-refractivity contribution in [1.29, 1.82) is 0 Å². The maximum Gasteiger partial charge on any atom is 0.307 e. The molecule has 5 nitrogen and oxygen atoms in total. The SMILES string of the molecule is CC(C)Oc1cccc(CN(C)C(=O)C2CC2C(=O)O)c1. The zero-order valence-corrected chi connectivity index (χ0v) is 12.6. The molecule has 0 spiro atoms. The van der Waals surface area contributed by atoms with Crippen LogP contribution in [-0.4, -0.2) is 35.0 Å². The summed E-state index contributed by atoms with van der Waals surface area (Å²) in [4.78, 5) is 24.5. The second-order valence-electron chi connectivity index (χ2n) is 5.80. The second-order valence-corrected chi connectivity index (χ2v) is 5.80. The van der Waals surface area contributed by atoms with Gasteiger partial charge in [0, 0.05) is 13.6 Å². The first-order valence-corrected chi connectivity index (χ1v) is 7.12. The summed E-state index contributed by atoms with van der Waals surface area (Å²) in [5.41, 5.74) is 0.969. The maximum absolute atomic E-state index is 12.1. The third-order valence-corrected chi connectivity index (χ3v) is 3.49. The summed E-state index contributed by atoms with van der Waals surface area (Å²) in [6.07, 6.45) is 0.553. The van der Waals surface area contributed by atoms with Crippen LogP contribution in [0.15, 0.2) is 24.3 Å². The predicted octanol–water partition coefficient (Wildman–Crippen LogP) is 2.15. The molecule has 0 aliphatic heterocycles. The Kier molecular flexibility index (Phi) is 4.50. The lowest BCUT2D eigenvalue weighted by molar-refractivity contribution is -0.141. The lowest BCUT2D eigenvalue weighted by atomic mass is 10.2. The van der Waals surface area contributed by atoms with Gasteiger partial charge in [-0.2, -0.15) is 0 Å². The lowest BCUT2D eigenvalue weighted by Gasteiger charge is -2.18. The second kappa shape index (κ2) is 6.16. The Hall–Kier alpha value is -2.04. The summed E-state index contributed by atoms with van der Waals surface area (Å²) in [5.74, 6) is -1.07. The fourth-order valence-electron chi connectivity index (χ4n) is 2.37. The van der Waals surface area contributed by atoms with Gasteiger partial charge in [-0.1, -0.05) is 12.1 Å². The molecule has 1 aromatic rings. The predicted molar refractivity (Wildman–Crippen MR) is 77.9 cm³/mol. The van der Waals surface area contributed by atoms with E-state index in [9.17, 15) is 9.59 Å². The van der Waals surface area contributed by atoms with Gasteiger partial charge in [0.05, 0.1) is 17.9 Å². The zero-order valence-electron chi connectivity index (χ0n) is 12.6. The van der Waals surface area contributed by atoms with Crippen LogP contribution in [0.1, 0.15) is 25.8 Å². The Bertz CT molecular complexity index is 541. The highest BCUT2D eigenvalue weighted by atomic mass is 16.5. The molecule has 1 saturated carbocycles. The summed E-state index contributed by atoms with van der Waals surface area (Å²) >= 11 is 0. The van der Waals surface area contributed by atoms with Crippen molar-refractivity contribution in [2.24, 2.45) is 11.8 Å². The van der Waals surface area contributed by atoms with Crippen LogP contribution in [0.5, 0.6) is 5.75 Å². The Morgan fingerprint density at radius 3 is 2.67 bits per heavy atom. The van der Waals surface area contributed by atoms with Crippen molar-refractivity contribution in [3.63, 3.8) is 0 Å². The number of amides is 1. The molecule has 0 radical (unpaired) electrons. The molecule has 2 atom stereocenters. The van der Waals surface area contributed by atoms with E-state index < -0.39 is 11.9 Å². The topological polar surface area (TPSA) is 66.8 Å². The summed E-state index contributed by atoms with van der Waals surface area (Å²) in [7, 11) is 1.70. The van der Waals surface area contributed by atoms with Gasteiger partial charge in [0.15, 0.2) is 0 Å². The monoisotopic (exact) mass is 291 g/mol. The van der Waals surface area contributed by atoms with Crippen molar-refractivity contribution in [3.8, 4) is 5.75 Å². The third kappa shape index (κ3) is 3.97. The molecule has 0 aromatic heterocycles. The molecule has 2 unspecified atom stereocenters. The molecule has 5 heteroatoms. The van der Waals surface area contributed by atoms with E-state index in [0.29, 0.717) is 13.0 Å². The van der Waals surface area contributed by atoms with Crippen LogP contribution in [0.3, 0.4) is 0 Å². The minimum absolute atomic E-state index is 0.0994. The van der Waals surface area contributed by atoms with E-state index >= 15 is 0 Å². The van der Waals surface area contributed by atoms with Crippen LogP contribution >= 0.6 is 0 Å². The molecular formula is C16H21NO4. The number of carbonyl (C=O) groups excluding carboxylic acids is 1. The molecule has 1 fully saturated rings. The fourth-order valence-corrected chi connectivity index (χ4v) is 2.37. The van der Waals surface area contributed by atoms with Crippen molar-refractivity contribution in [2.75, 3.05) is 7.05 Å². The Morgan fingerprint density at radius 1 is 1.38 bits per heavy atom. The quantitative estimate of drug-likeness (QED) is 0.872. The molecule has 0 bridgehead atoms. The van der Waals surface area contributed by atoms with Crippen molar-refractivity contribution in [1.82, 2.24) is 4.90 Å². The van der Waals surface area contributed by atoms with Gasteiger partial charge >= 0.3 is 5.97 Å². The molecule has 1 aromatic carbocycles. The maximum atomic E-state index is 12.1. The minimum Gasteiger partial charge on any atom is -0.491 e. The molecule has 1 N–H and O–H groups in total. The molecule has 1 aliphatic rings. The first-order chi connectivity index (χ1) is 9.88. The minimum atomic E-state index is -0.880. The van der Waals surface area contributed by atoms with E-state index in [-0.39, 0.29) is 17.9 Å². The normalized spacial score (nSPS) is 20.2. The molecule has 2 rings (SSSR count). The molecule has 1 amide bonds. The number of benzene rings is 1. The fraction of sp³-hybridized carbons (Fsp3) is 0.500. The highest BCUT2D eigenvalue weighted by Crippen LogP contribution is 2.40. The van der Waals surface area contributed by atoms with Gasteiger partial charge in [-0.05, 0) is 38.0 Å². The molecular weight excluding hydrogens is 270 g/mol. The number of hydrogen-bond donors (Lipinski definition) is 1. The van der Waals surface area contributed by atoms with Crippen LogP contribution in [0.2, 0.25) is 0 Å². The van der Waals surface area contributed by atoms with Gasteiger partial charge in [0.1, 0.15) is 5.75 Å². The summed E-state index contributed by atoms with van der Waals surface area (Å²) in [6, 6.07) is 7.61. The average molecular weight is 291 g/mol. The van der Waals surface area contributed by atoms with E-state index in [4.69, 9.17) is 9.84 Å². The standard InChI is InChI=1S/C16H21NO4/c1-10(2)21-12-6-4-5-11(7-12)9-17(3)15(18)13-8-14(13)16(19)20/h4-7,10,13-14H,8-9H2,1-3H3,(H,19,20). The molecule has 0 heterocycles. The number of aliphatic carboxylic acids is 1. The molecule has 114 valence electrons. The summed E-state index contributed by atoms with van der Waals surface area (Å²) < 4.78 is 5.62. The van der Waals surface area contributed by atoms with Gasteiger partial charge in [-0.3, -0.25) is 9.59 Å². The van der Waals surface area contributed by atoms with Gasteiger partial charge in [-0.25, -0.2) is 0 Å². The largest absolute Gasteiger partial charge is 0.491 e. The Balaban J connectivity index is 1.95. The highest BCUT2D eigenvalue weighted by molar-refractivity contribution is 5.89. The van der Waals surface area contributed by atoms with Crippen molar-refractivity contribution < 1.29 is 19.4 Å².